The Morgan fingerprint density at radius 2 is 1.89 bits per heavy atom. The van der Waals surface area contributed by atoms with Crippen molar-refractivity contribution < 1.29 is 19.1 Å². The van der Waals surface area contributed by atoms with Crippen molar-refractivity contribution in [3.05, 3.63) is 70.9 Å². The molecule has 1 fully saturated rings. The average Bonchev–Trinajstić information content (AvgIpc) is 2.84. The number of rotatable bonds is 8. The summed E-state index contributed by atoms with van der Waals surface area (Å²) in [5, 5.41) is 5.82. The molecule has 1 saturated heterocycles. The van der Waals surface area contributed by atoms with Crippen molar-refractivity contribution in [1.29, 1.82) is 0 Å². The number of benzene rings is 2. The van der Waals surface area contributed by atoms with Crippen LogP contribution in [0.1, 0.15) is 44.9 Å². The van der Waals surface area contributed by atoms with Gasteiger partial charge in [-0.25, -0.2) is 9.59 Å². The zero-order valence-corrected chi connectivity index (χ0v) is 22.4. The fourth-order valence-electron chi connectivity index (χ4n) is 5.04. The van der Waals surface area contributed by atoms with Crippen LogP contribution in [-0.4, -0.2) is 61.8 Å². The fraction of sp³-hybridized carbons (Fsp3) is 0.448. The average molecular weight is 507 g/mol. The van der Waals surface area contributed by atoms with Crippen LogP contribution in [0.5, 0.6) is 5.75 Å². The van der Waals surface area contributed by atoms with Crippen LogP contribution < -0.4 is 20.3 Å². The molecule has 2 aromatic carbocycles. The highest BCUT2D eigenvalue weighted by Crippen LogP contribution is 2.30. The lowest BCUT2D eigenvalue weighted by atomic mass is 9.94. The van der Waals surface area contributed by atoms with Crippen LogP contribution in [0.3, 0.4) is 0 Å². The first-order valence-electron chi connectivity index (χ1n) is 13.0. The van der Waals surface area contributed by atoms with Crippen LogP contribution in [0.2, 0.25) is 0 Å². The number of aryl methyl sites for hydroxylation is 1. The highest BCUT2D eigenvalue weighted by atomic mass is 16.5. The molecule has 2 aliphatic heterocycles. The molecule has 0 aliphatic carbocycles. The second-order valence-electron chi connectivity index (χ2n) is 10.00. The minimum Gasteiger partial charge on any atom is -0.491 e. The van der Waals surface area contributed by atoms with Crippen LogP contribution in [0.25, 0.3) is 0 Å². The maximum absolute atomic E-state index is 13.2. The summed E-state index contributed by atoms with van der Waals surface area (Å²) in [7, 11) is 0. The quantitative estimate of drug-likeness (QED) is 0.523. The predicted molar refractivity (Wildman–Crippen MR) is 145 cm³/mol. The van der Waals surface area contributed by atoms with Gasteiger partial charge in [0.1, 0.15) is 5.75 Å². The maximum atomic E-state index is 13.2. The Balaban J connectivity index is 1.57. The minimum atomic E-state index is -0.609. The summed E-state index contributed by atoms with van der Waals surface area (Å²) in [6.45, 7) is 13.2. The minimum absolute atomic E-state index is 0.0554. The summed E-state index contributed by atoms with van der Waals surface area (Å²) >= 11 is 0. The van der Waals surface area contributed by atoms with Crippen LogP contribution in [0, 0.1) is 6.92 Å². The zero-order chi connectivity index (χ0) is 26.5. The summed E-state index contributed by atoms with van der Waals surface area (Å²) in [6.07, 6.45) is 0.0554. The van der Waals surface area contributed by atoms with Crippen LogP contribution >= 0.6 is 0 Å². The van der Waals surface area contributed by atoms with Gasteiger partial charge in [0.25, 0.3) is 0 Å². The molecule has 0 saturated carbocycles. The number of anilines is 1. The smallest absolute Gasteiger partial charge is 0.338 e. The van der Waals surface area contributed by atoms with Crippen LogP contribution in [0.15, 0.2) is 59.8 Å². The molecule has 2 unspecified atom stereocenters. The fourth-order valence-corrected chi connectivity index (χ4v) is 5.04. The molecule has 2 aliphatic rings. The van der Waals surface area contributed by atoms with Gasteiger partial charge in [-0.1, -0.05) is 24.3 Å². The van der Waals surface area contributed by atoms with Gasteiger partial charge in [-0.2, -0.15) is 0 Å². The van der Waals surface area contributed by atoms with E-state index in [1.807, 2.05) is 38.1 Å². The van der Waals surface area contributed by atoms with Gasteiger partial charge < -0.3 is 25.0 Å². The van der Waals surface area contributed by atoms with Gasteiger partial charge in [-0.15, -0.1) is 0 Å². The van der Waals surface area contributed by atoms with E-state index in [0.29, 0.717) is 17.8 Å². The number of urea groups is 1. The number of hydrogen-bond acceptors (Lipinski definition) is 6. The highest BCUT2D eigenvalue weighted by molar-refractivity contribution is 5.95. The number of esters is 1. The number of carbonyl (C=O) groups excluding carboxylic acids is 2. The molecule has 2 N–H and O–H groups in total. The third-order valence-corrected chi connectivity index (χ3v) is 6.66. The van der Waals surface area contributed by atoms with Gasteiger partial charge in [0.15, 0.2) is 0 Å². The molecule has 4 rings (SSSR count). The van der Waals surface area contributed by atoms with E-state index in [2.05, 4.69) is 58.5 Å². The van der Waals surface area contributed by atoms with E-state index < -0.39 is 12.0 Å². The van der Waals surface area contributed by atoms with E-state index in [1.165, 1.54) is 11.3 Å². The lowest BCUT2D eigenvalue weighted by molar-refractivity contribution is -0.139. The maximum Gasteiger partial charge on any atom is 0.338 e. The molecule has 2 atom stereocenters. The molecule has 8 nitrogen and oxygen atoms in total. The van der Waals surface area contributed by atoms with Crippen molar-refractivity contribution in [1.82, 2.24) is 15.5 Å². The Kier molecular flexibility index (Phi) is 8.38. The van der Waals surface area contributed by atoms with Gasteiger partial charge >= 0.3 is 12.0 Å². The molecular formula is C29H38N4O4. The molecule has 37 heavy (non-hydrogen) atoms. The van der Waals surface area contributed by atoms with Crippen molar-refractivity contribution in [2.45, 2.75) is 52.8 Å². The van der Waals surface area contributed by atoms with Crippen molar-refractivity contribution in [3.63, 3.8) is 0 Å². The normalized spacial score (nSPS) is 20.5. The molecule has 2 amide bonds. The molecule has 8 heteroatoms. The number of carbonyl (C=O) groups is 2. The van der Waals surface area contributed by atoms with E-state index >= 15 is 0 Å². The van der Waals surface area contributed by atoms with E-state index in [4.69, 9.17) is 9.47 Å². The Morgan fingerprint density at radius 3 is 2.54 bits per heavy atom. The Morgan fingerprint density at radius 1 is 1.14 bits per heavy atom. The number of hydrogen-bond donors (Lipinski definition) is 2. The molecule has 2 aromatic rings. The Bertz CT molecular complexity index is 1140. The van der Waals surface area contributed by atoms with Crippen LogP contribution in [0.4, 0.5) is 10.5 Å². The Hall–Kier alpha value is -3.52. The topological polar surface area (TPSA) is 83.1 Å². The van der Waals surface area contributed by atoms with Crippen molar-refractivity contribution in [2.75, 3.05) is 37.7 Å². The zero-order valence-electron chi connectivity index (χ0n) is 22.4. The van der Waals surface area contributed by atoms with Gasteiger partial charge in [0, 0.05) is 43.6 Å². The molecule has 0 bridgehead atoms. The number of amides is 2. The van der Waals surface area contributed by atoms with Crippen molar-refractivity contribution in [2.24, 2.45) is 0 Å². The Labute approximate surface area is 219 Å². The van der Waals surface area contributed by atoms with E-state index in [1.54, 1.807) is 6.92 Å². The lowest BCUT2D eigenvalue weighted by Gasteiger charge is -2.42. The van der Waals surface area contributed by atoms with Gasteiger partial charge in [-0.05, 0) is 70.0 Å². The van der Waals surface area contributed by atoms with Gasteiger partial charge in [0.2, 0.25) is 0 Å². The summed E-state index contributed by atoms with van der Waals surface area (Å²) in [6, 6.07) is 15.4. The van der Waals surface area contributed by atoms with Gasteiger partial charge in [0.05, 0.1) is 24.3 Å². The lowest BCUT2D eigenvalue weighted by Crippen LogP contribution is -2.54. The first kappa shape index (κ1) is 26.5. The van der Waals surface area contributed by atoms with Crippen molar-refractivity contribution >= 4 is 17.7 Å². The van der Waals surface area contributed by atoms with E-state index in [0.717, 1.165) is 30.9 Å². The molecule has 198 valence electrons. The number of nitrogens with one attached hydrogen (secondary N) is 2. The predicted octanol–water partition coefficient (Wildman–Crippen LogP) is 4.16. The van der Waals surface area contributed by atoms with E-state index in [-0.39, 0.29) is 24.8 Å². The summed E-state index contributed by atoms with van der Waals surface area (Å²) in [4.78, 5) is 30.6. The number of piperazine rings is 1. The summed E-state index contributed by atoms with van der Waals surface area (Å²) in [5.41, 5.74) is 4.28. The molecule has 0 aromatic heterocycles. The van der Waals surface area contributed by atoms with Gasteiger partial charge in [-0.3, -0.25) is 4.90 Å². The second-order valence-corrected chi connectivity index (χ2v) is 10.00. The monoisotopic (exact) mass is 506 g/mol. The van der Waals surface area contributed by atoms with E-state index in [9.17, 15) is 9.59 Å². The van der Waals surface area contributed by atoms with Crippen molar-refractivity contribution in [3.8, 4) is 5.75 Å². The summed E-state index contributed by atoms with van der Waals surface area (Å²) in [5.74, 6) is 0.310. The first-order chi connectivity index (χ1) is 17.7. The second kappa shape index (κ2) is 11.7. The first-order valence-corrected chi connectivity index (χ1v) is 13.0. The molecule has 2 heterocycles. The van der Waals surface area contributed by atoms with Crippen LogP contribution in [-0.2, 0) is 9.53 Å². The number of ether oxygens (including phenoxy) is 2. The largest absolute Gasteiger partial charge is 0.491 e. The molecule has 0 radical (unpaired) electrons. The number of nitrogens with zero attached hydrogens (tertiary/aromatic N) is 2. The third-order valence-electron chi connectivity index (χ3n) is 6.66. The third kappa shape index (κ3) is 6.43. The molecule has 0 spiro atoms. The standard InChI is InChI=1S/C29H38N4O4/c1-6-36-28(34)26-25(18-32-14-15-33(21(5)17-32)23-9-7-8-20(4)16-23)30-29(35)31-27(26)22-10-12-24(13-11-22)37-19(2)3/h7-13,16,19,21,27H,6,14-15,17-18H2,1-5H3,(H2,30,31,35). The summed E-state index contributed by atoms with van der Waals surface area (Å²) < 4.78 is 11.2. The SMILES string of the molecule is CCOC(=O)C1=C(CN2CCN(c3cccc(C)c3)C(C)C2)NC(=O)NC1c1ccc(OC(C)C)cc1. The highest BCUT2D eigenvalue weighted by Gasteiger charge is 2.35. The molecular weight excluding hydrogens is 468 g/mol.